The topological polar surface area (TPSA) is 80.5 Å². The van der Waals surface area contributed by atoms with E-state index >= 15 is 0 Å². The summed E-state index contributed by atoms with van der Waals surface area (Å²) in [6.07, 6.45) is -2.85. The predicted molar refractivity (Wildman–Crippen MR) is 86.8 cm³/mol. The van der Waals surface area contributed by atoms with Crippen LogP contribution < -0.4 is 5.73 Å². The van der Waals surface area contributed by atoms with Gasteiger partial charge in [0, 0.05) is 17.6 Å². The van der Waals surface area contributed by atoms with Gasteiger partial charge in [-0.05, 0) is 19.1 Å². The Kier molecular flexibility index (Phi) is 4.31. The Bertz CT molecular complexity index is 896. The van der Waals surface area contributed by atoms with Gasteiger partial charge in [-0.3, -0.25) is 0 Å². The van der Waals surface area contributed by atoms with Gasteiger partial charge in [0.2, 0.25) is 0 Å². The van der Waals surface area contributed by atoms with Gasteiger partial charge in [-0.2, -0.15) is 13.2 Å². The number of nitrogens with one attached hydrogen (secondary N) is 1. The summed E-state index contributed by atoms with van der Waals surface area (Å²) in [6, 6.07) is 4.35. The van der Waals surface area contributed by atoms with Crippen molar-refractivity contribution in [2.24, 2.45) is 0 Å². The molecule has 126 valence electrons. The Hall–Kier alpha value is -2.00. The molecule has 24 heavy (non-hydrogen) atoms. The van der Waals surface area contributed by atoms with Crippen LogP contribution >= 0.6 is 23.4 Å². The monoisotopic (exact) mass is 373 g/mol. The predicted octanol–water partition coefficient (Wildman–Crippen LogP) is 4.46. The summed E-state index contributed by atoms with van der Waals surface area (Å²) in [5.41, 5.74) is 5.69. The highest BCUT2D eigenvalue weighted by molar-refractivity contribution is 7.99. The minimum Gasteiger partial charge on any atom is -0.384 e. The first-order valence-corrected chi connectivity index (χ1v) is 8.02. The Morgan fingerprint density at radius 1 is 1.25 bits per heavy atom. The van der Waals surface area contributed by atoms with E-state index in [-0.39, 0.29) is 16.2 Å². The number of rotatable bonds is 3. The van der Waals surface area contributed by atoms with Crippen LogP contribution in [0.15, 0.2) is 29.6 Å². The van der Waals surface area contributed by atoms with Crippen LogP contribution in [-0.2, 0) is 6.18 Å². The molecule has 10 heteroatoms. The molecule has 0 radical (unpaired) electrons. The van der Waals surface area contributed by atoms with Gasteiger partial charge >= 0.3 is 6.18 Å². The number of alkyl halides is 3. The minimum atomic E-state index is -4.58. The van der Waals surface area contributed by atoms with Gasteiger partial charge in [-0.25, -0.2) is 15.0 Å². The first-order chi connectivity index (χ1) is 11.2. The third-order valence-electron chi connectivity index (χ3n) is 3.23. The van der Waals surface area contributed by atoms with E-state index in [1.165, 1.54) is 0 Å². The van der Waals surface area contributed by atoms with Crippen LogP contribution in [0.3, 0.4) is 0 Å². The molecule has 0 fully saturated rings. The lowest BCUT2D eigenvalue weighted by atomic mass is 10.2. The SMILES string of the molecule is CC(Sc1nc(N)cc(C(F)(F)F)n1)c1cc2cc[nH]c2c(Cl)n1. The molecular formula is C14H11ClF3N5S. The third kappa shape index (κ3) is 3.41. The fraction of sp³-hybridized carbons (Fsp3) is 0.214. The maximum atomic E-state index is 12.8. The second kappa shape index (κ2) is 6.14. The Balaban J connectivity index is 1.91. The zero-order valence-corrected chi connectivity index (χ0v) is 13.8. The number of hydrogen-bond donors (Lipinski definition) is 2. The quantitative estimate of drug-likeness (QED) is 0.402. The van der Waals surface area contributed by atoms with Gasteiger partial charge in [-0.1, -0.05) is 23.4 Å². The summed E-state index contributed by atoms with van der Waals surface area (Å²) in [7, 11) is 0. The van der Waals surface area contributed by atoms with Crippen molar-refractivity contribution in [2.45, 2.75) is 23.5 Å². The summed E-state index contributed by atoms with van der Waals surface area (Å²) in [4.78, 5) is 14.6. The molecule has 3 heterocycles. The van der Waals surface area contributed by atoms with Crippen LogP contribution in [-0.4, -0.2) is 19.9 Å². The van der Waals surface area contributed by atoms with E-state index in [9.17, 15) is 13.2 Å². The molecule has 0 aromatic carbocycles. The summed E-state index contributed by atoms with van der Waals surface area (Å²) in [6.45, 7) is 1.78. The molecule has 3 aromatic heterocycles. The summed E-state index contributed by atoms with van der Waals surface area (Å²) in [5.74, 6) is -0.237. The highest BCUT2D eigenvalue weighted by Crippen LogP contribution is 2.36. The zero-order chi connectivity index (χ0) is 17.5. The number of anilines is 1. The lowest BCUT2D eigenvalue weighted by Gasteiger charge is -2.12. The van der Waals surface area contributed by atoms with E-state index in [0.29, 0.717) is 22.4 Å². The highest BCUT2D eigenvalue weighted by atomic mass is 35.5. The number of aromatic amines is 1. The molecule has 0 amide bonds. The molecule has 3 rings (SSSR count). The average molecular weight is 374 g/mol. The van der Waals surface area contributed by atoms with Crippen molar-refractivity contribution in [2.75, 3.05) is 5.73 Å². The maximum Gasteiger partial charge on any atom is 0.433 e. The molecule has 0 bridgehead atoms. The number of nitrogens with two attached hydrogens (primary N) is 1. The van der Waals surface area contributed by atoms with E-state index in [2.05, 4.69) is 19.9 Å². The first kappa shape index (κ1) is 16.8. The van der Waals surface area contributed by atoms with Gasteiger partial charge in [0.1, 0.15) is 5.82 Å². The molecule has 3 aromatic rings. The standard InChI is InChI=1S/C14H11ClF3N5S/c1-6(8-4-7-2-3-20-11(7)12(15)21-8)24-13-22-9(14(16,17)18)5-10(19)23-13/h2-6,20H,1H3,(H2,19,22,23). The highest BCUT2D eigenvalue weighted by Gasteiger charge is 2.33. The van der Waals surface area contributed by atoms with Crippen molar-refractivity contribution in [1.82, 2.24) is 19.9 Å². The second-order valence-electron chi connectivity index (χ2n) is 5.00. The molecule has 0 aliphatic carbocycles. The van der Waals surface area contributed by atoms with E-state index in [0.717, 1.165) is 17.1 Å². The van der Waals surface area contributed by atoms with Crippen molar-refractivity contribution in [3.63, 3.8) is 0 Å². The van der Waals surface area contributed by atoms with Crippen LogP contribution in [0, 0.1) is 0 Å². The molecule has 0 saturated heterocycles. The fourth-order valence-corrected chi connectivity index (χ4v) is 3.24. The second-order valence-corrected chi connectivity index (χ2v) is 6.66. The van der Waals surface area contributed by atoms with Crippen LogP contribution in [0.25, 0.3) is 10.9 Å². The normalized spacial score (nSPS) is 13.4. The first-order valence-electron chi connectivity index (χ1n) is 6.76. The van der Waals surface area contributed by atoms with Crippen molar-refractivity contribution < 1.29 is 13.2 Å². The van der Waals surface area contributed by atoms with Crippen molar-refractivity contribution in [3.8, 4) is 0 Å². The van der Waals surface area contributed by atoms with Gasteiger partial charge in [0.25, 0.3) is 0 Å². The average Bonchev–Trinajstić information content (AvgIpc) is 2.94. The van der Waals surface area contributed by atoms with Crippen molar-refractivity contribution in [1.29, 1.82) is 0 Å². The van der Waals surface area contributed by atoms with E-state index in [4.69, 9.17) is 17.3 Å². The lowest BCUT2D eigenvalue weighted by molar-refractivity contribution is -0.141. The molecule has 5 nitrogen and oxygen atoms in total. The van der Waals surface area contributed by atoms with Gasteiger partial charge in [0.15, 0.2) is 16.0 Å². The number of hydrogen-bond acceptors (Lipinski definition) is 5. The van der Waals surface area contributed by atoms with Gasteiger partial charge in [-0.15, -0.1) is 0 Å². The summed E-state index contributed by atoms with van der Waals surface area (Å²) in [5, 5.41) is 0.776. The van der Waals surface area contributed by atoms with Gasteiger partial charge in [0.05, 0.1) is 16.5 Å². The van der Waals surface area contributed by atoms with Crippen molar-refractivity contribution in [3.05, 3.63) is 40.9 Å². The summed E-state index contributed by atoms with van der Waals surface area (Å²) >= 11 is 7.14. The smallest absolute Gasteiger partial charge is 0.384 e. The number of fused-ring (bicyclic) bond motifs is 1. The zero-order valence-electron chi connectivity index (χ0n) is 12.2. The number of nitrogen functional groups attached to an aromatic ring is 1. The molecule has 0 aliphatic heterocycles. The van der Waals surface area contributed by atoms with Crippen LogP contribution in [0.1, 0.15) is 23.6 Å². The number of pyridine rings is 1. The van der Waals surface area contributed by atoms with Gasteiger partial charge < -0.3 is 10.7 Å². The fourth-order valence-electron chi connectivity index (χ4n) is 2.11. The number of halogens is 4. The molecule has 3 N–H and O–H groups in total. The largest absolute Gasteiger partial charge is 0.433 e. The lowest BCUT2D eigenvalue weighted by Crippen LogP contribution is -2.11. The van der Waals surface area contributed by atoms with Crippen molar-refractivity contribution >= 4 is 40.1 Å². The third-order valence-corrected chi connectivity index (χ3v) is 4.49. The Morgan fingerprint density at radius 2 is 2.00 bits per heavy atom. The van der Waals surface area contributed by atoms with E-state index < -0.39 is 11.9 Å². The maximum absolute atomic E-state index is 12.8. The number of H-pyrrole nitrogens is 1. The van der Waals surface area contributed by atoms with Crippen LogP contribution in [0.4, 0.5) is 19.0 Å². The number of thioether (sulfide) groups is 1. The van der Waals surface area contributed by atoms with Crippen LogP contribution in [0.2, 0.25) is 5.15 Å². The Labute approximate surface area is 143 Å². The van der Waals surface area contributed by atoms with E-state index in [1.54, 1.807) is 13.1 Å². The number of aromatic nitrogens is 4. The molecule has 0 spiro atoms. The molecule has 0 saturated carbocycles. The van der Waals surface area contributed by atoms with E-state index in [1.807, 2.05) is 12.1 Å². The van der Waals surface area contributed by atoms with Crippen LogP contribution in [0.5, 0.6) is 0 Å². The molecule has 1 atom stereocenters. The summed E-state index contributed by atoms with van der Waals surface area (Å²) < 4.78 is 38.4. The number of nitrogens with zero attached hydrogens (tertiary/aromatic N) is 3. The molecule has 1 unspecified atom stereocenters. The Morgan fingerprint density at radius 3 is 2.71 bits per heavy atom. The molecule has 0 aliphatic rings. The minimum absolute atomic E-state index is 0.0677. The molecular weight excluding hydrogens is 363 g/mol.